The summed E-state index contributed by atoms with van der Waals surface area (Å²) in [6.45, 7) is 3.31. The molecule has 0 heterocycles. The van der Waals surface area contributed by atoms with Crippen molar-refractivity contribution in [2.75, 3.05) is 0 Å². The Bertz CT molecular complexity index is 957. The average Bonchev–Trinajstić information content (AvgIpc) is 3.39. The van der Waals surface area contributed by atoms with Crippen LogP contribution in [0.2, 0.25) is 0 Å². The fourth-order valence-electron chi connectivity index (χ4n) is 3.74. The first-order chi connectivity index (χ1) is 13.4. The molecule has 3 N–H and O–H groups in total. The molecule has 2 aromatic carbocycles. The second kappa shape index (κ2) is 7.40. The Hall–Kier alpha value is -2.48. The molecule has 1 aliphatic rings. The summed E-state index contributed by atoms with van der Waals surface area (Å²) in [4.78, 5) is 10.9. The van der Waals surface area contributed by atoms with Crippen LogP contribution in [0.25, 0.3) is 11.1 Å². The van der Waals surface area contributed by atoms with Crippen LogP contribution in [0.15, 0.2) is 18.2 Å². The molecule has 0 aliphatic heterocycles. The van der Waals surface area contributed by atoms with Crippen LogP contribution in [0, 0.1) is 25.5 Å². The summed E-state index contributed by atoms with van der Waals surface area (Å²) in [7, 11) is 0. The molecule has 1 aliphatic carbocycles. The predicted molar refractivity (Wildman–Crippen MR) is 97.4 cm³/mol. The fourth-order valence-corrected chi connectivity index (χ4v) is 3.74. The summed E-state index contributed by atoms with van der Waals surface area (Å²) in [6.07, 6.45) is -3.96. The van der Waals surface area contributed by atoms with Gasteiger partial charge in [0.25, 0.3) is 0 Å². The zero-order chi connectivity index (χ0) is 21.7. The van der Waals surface area contributed by atoms with Gasteiger partial charge in [-0.25, -0.2) is 8.78 Å². The third kappa shape index (κ3) is 4.12. The fraction of sp³-hybridized carbons (Fsp3) is 0.381. The van der Waals surface area contributed by atoms with E-state index >= 15 is 4.39 Å². The van der Waals surface area contributed by atoms with Gasteiger partial charge >= 0.3 is 12.1 Å². The second-order valence-electron chi connectivity index (χ2n) is 7.52. The summed E-state index contributed by atoms with van der Waals surface area (Å²) < 4.78 is 70.1. The highest BCUT2D eigenvalue weighted by molar-refractivity contribution is 5.74. The van der Waals surface area contributed by atoms with Gasteiger partial charge in [-0.15, -0.1) is 0 Å². The Morgan fingerprint density at radius 2 is 1.69 bits per heavy atom. The largest absolute Gasteiger partial charge is 0.481 e. The lowest BCUT2D eigenvalue weighted by Gasteiger charge is -2.21. The van der Waals surface area contributed by atoms with Crippen molar-refractivity contribution in [1.82, 2.24) is 0 Å². The third-order valence-electron chi connectivity index (χ3n) is 5.18. The SMILES string of the molecule is Cc1cc(C2CC2)cc(C)c1-c1cc(C(F)(F)F)c(F)c([C@@H](N)CC(=O)O)c1F. The van der Waals surface area contributed by atoms with E-state index in [-0.39, 0.29) is 5.56 Å². The van der Waals surface area contributed by atoms with Crippen LogP contribution < -0.4 is 5.73 Å². The highest BCUT2D eigenvalue weighted by atomic mass is 19.4. The molecule has 156 valence electrons. The smallest absolute Gasteiger partial charge is 0.419 e. The molecule has 0 aromatic heterocycles. The topological polar surface area (TPSA) is 63.3 Å². The van der Waals surface area contributed by atoms with Crippen LogP contribution in [0.5, 0.6) is 0 Å². The van der Waals surface area contributed by atoms with Gasteiger partial charge in [0.05, 0.1) is 12.0 Å². The molecule has 1 saturated carbocycles. The van der Waals surface area contributed by atoms with E-state index < -0.39 is 52.9 Å². The number of aryl methyl sites for hydroxylation is 2. The minimum atomic E-state index is -5.10. The van der Waals surface area contributed by atoms with E-state index in [9.17, 15) is 22.4 Å². The molecule has 0 radical (unpaired) electrons. The second-order valence-corrected chi connectivity index (χ2v) is 7.52. The van der Waals surface area contributed by atoms with E-state index in [0.717, 1.165) is 18.4 Å². The quantitative estimate of drug-likeness (QED) is 0.626. The Kier molecular flexibility index (Phi) is 5.42. The molecule has 0 amide bonds. The normalized spacial score (nSPS) is 15.4. The van der Waals surface area contributed by atoms with Crippen LogP contribution in [0.4, 0.5) is 22.0 Å². The van der Waals surface area contributed by atoms with E-state index in [1.54, 1.807) is 26.0 Å². The van der Waals surface area contributed by atoms with Crippen molar-refractivity contribution in [2.24, 2.45) is 5.73 Å². The lowest BCUT2D eigenvalue weighted by Crippen LogP contribution is -2.21. The van der Waals surface area contributed by atoms with Gasteiger partial charge in [0.15, 0.2) is 0 Å². The maximum Gasteiger partial charge on any atom is 0.419 e. The first kappa shape index (κ1) is 21.2. The van der Waals surface area contributed by atoms with Gasteiger partial charge in [0.1, 0.15) is 11.6 Å². The number of benzene rings is 2. The molecule has 3 nitrogen and oxygen atoms in total. The molecule has 29 heavy (non-hydrogen) atoms. The van der Waals surface area contributed by atoms with Crippen LogP contribution in [-0.2, 0) is 11.0 Å². The molecule has 1 fully saturated rings. The zero-order valence-electron chi connectivity index (χ0n) is 15.8. The number of halogens is 5. The molecular weight excluding hydrogens is 393 g/mol. The minimum absolute atomic E-state index is 0.223. The Morgan fingerprint density at radius 1 is 1.14 bits per heavy atom. The summed E-state index contributed by atoms with van der Waals surface area (Å²) in [5.74, 6) is -4.23. The van der Waals surface area contributed by atoms with E-state index in [1.807, 2.05) is 0 Å². The predicted octanol–water partition coefficient (Wildman–Crippen LogP) is 5.62. The zero-order valence-corrected chi connectivity index (χ0v) is 15.8. The van der Waals surface area contributed by atoms with Crippen LogP contribution in [0.1, 0.15) is 59.0 Å². The number of rotatable bonds is 5. The monoisotopic (exact) mass is 413 g/mol. The van der Waals surface area contributed by atoms with Crippen LogP contribution in [-0.4, -0.2) is 11.1 Å². The average molecular weight is 413 g/mol. The lowest BCUT2D eigenvalue weighted by atomic mass is 9.88. The molecule has 8 heteroatoms. The molecule has 0 spiro atoms. The molecular formula is C21H20F5NO2. The maximum absolute atomic E-state index is 15.2. The third-order valence-corrected chi connectivity index (χ3v) is 5.18. The first-order valence-electron chi connectivity index (χ1n) is 9.09. The van der Waals surface area contributed by atoms with Crippen molar-refractivity contribution >= 4 is 5.97 Å². The number of alkyl halides is 3. The number of carbonyl (C=O) groups is 1. The van der Waals surface area contributed by atoms with E-state index in [0.29, 0.717) is 23.1 Å². The minimum Gasteiger partial charge on any atom is -0.481 e. The number of nitrogens with two attached hydrogens (primary N) is 1. The number of hydrogen-bond donors (Lipinski definition) is 2. The van der Waals surface area contributed by atoms with Crippen molar-refractivity contribution in [3.63, 3.8) is 0 Å². The summed E-state index contributed by atoms with van der Waals surface area (Å²) in [6, 6.07) is 2.27. The van der Waals surface area contributed by atoms with Gasteiger partial charge in [0.2, 0.25) is 0 Å². The van der Waals surface area contributed by atoms with Crippen molar-refractivity contribution in [3.8, 4) is 11.1 Å². The van der Waals surface area contributed by atoms with Crippen LogP contribution >= 0.6 is 0 Å². The van der Waals surface area contributed by atoms with Crippen molar-refractivity contribution in [3.05, 3.63) is 57.7 Å². The lowest BCUT2D eigenvalue weighted by molar-refractivity contribution is -0.140. The highest BCUT2D eigenvalue weighted by Crippen LogP contribution is 2.44. The number of hydrogen-bond acceptors (Lipinski definition) is 2. The molecule has 3 rings (SSSR count). The maximum atomic E-state index is 15.2. The van der Waals surface area contributed by atoms with Crippen molar-refractivity contribution in [2.45, 2.75) is 51.2 Å². The van der Waals surface area contributed by atoms with Gasteiger partial charge in [-0.1, -0.05) is 12.1 Å². The molecule has 0 unspecified atom stereocenters. The van der Waals surface area contributed by atoms with E-state index in [1.165, 1.54) is 0 Å². The molecule has 0 bridgehead atoms. The highest BCUT2D eigenvalue weighted by Gasteiger charge is 2.39. The van der Waals surface area contributed by atoms with Gasteiger partial charge in [-0.05, 0) is 60.9 Å². The Balaban J connectivity index is 2.28. The summed E-state index contributed by atoms with van der Waals surface area (Å²) >= 11 is 0. The Morgan fingerprint density at radius 3 is 2.14 bits per heavy atom. The first-order valence-corrected chi connectivity index (χ1v) is 9.09. The van der Waals surface area contributed by atoms with Crippen LogP contribution in [0.3, 0.4) is 0 Å². The summed E-state index contributed by atoms with van der Waals surface area (Å²) in [5.41, 5.74) is 4.77. The molecule has 0 saturated heterocycles. The van der Waals surface area contributed by atoms with E-state index in [2.05, 4.69) is 0 Å². The van der Waals surface area contributed by atoms with Crippen molar-refractivity contribution in [1.29, 1.82) is 0 Å². The van der Waals surface area contributed by atoms with Gasteiger partial charge < -0.3 is 10.8 Å². The standard InChI is InChI=1S/C21H20F5NO2/c1-9-5-12(11-3-4-11)6-10(2)17(9)13-7-14(21(24,25)26)20(23)18(19(13)22)15(27)8-16(28)29/h5-7,11,15H,3-4,8,27H2,1-2H3,(H,28,29)/t15-/m0/s1. The summed E-state index contributed by atoms with van der Waals surface area (Å²) in [5, 5.41) is 8.87. The van der Waals surface area contributed by atoms with Gasteiger partial charge in [-0.2, -0.15) is 13.2 Å². The molecule has 1 atom stereocenters. The number of carboxylic acids is 1. The Labute approximate surface area is 164 Å². The molecule has 2 aromatic rings. The van der Waals surface area contributed by atoms with Gasteiger partial charge in [0, 0.05) is 17.2 Å². The number of aliphatic carboxylic acids is 1. The van der Waals surface area contributed by atoms with E-state index in [4.69, 9.17) is 10.8 Å². The number of carboxylic acid groups (broad SMARTS) is 1. The van der Waals surface area contributed by atoms with Crippen molar-refractivity contribution < 1.29 is 31.9 Å². The van der Waals surface area contributed by atoms with Gasteiger partial charge in [-0.3, -0.25) is 4.79 Å².